The largest absolute Gasteiger partial charge is 0.387 e. The summed E-state index contributed by atoms with van der Waals surface area (Å²) in [5.41, 5.74) is 6.18. The van der Waals surface area contributed by atoms with E-state index < -0.39 is 66.0 Å². The van der Waals surface area contributed by atoms with Gasteiger partial charge in [0.25, 0.3) is 31.7 Å². The summed E-state index contributed by atoms with van der Waals surface area (Å²) in [6.07, 6.45) is -4.81. The van der Waals surface area contributed by atoms with Crippen LogP contribution < -0.4 is 16.7 Å². The zero-order valence-electron chi connectivity index (χ0n) is 18.0. The van der Waals surface area contributed by atoms with E-state index in [-0.39, 0.29) is 22.7 Å². The van der Waals surface area contributed by atoms with Gasteiger partial charge in [0.05, 0.1) is 17.4 Å². The normalized spacial score (nSPS) is 22.6. The van der Waals surface area contributed by atoms with Crippen LogP contribution in [0.5, 0.6) is 0 Å². The van der Waals surface area contributed by atoms with Crippen LogP contribution in [0.15, 0.2) is 44.2 Å². The molecule has 1 aliphatic rings. The average Bonchev–Trinajstić information content (AvgIpc) is 3.33. The van der Waals surface area contributed by atoms with Gasteiger partial charge in [-0.3, -0.25) is 28.2 Å². The molecule has 4 rings (SSSR count). The first-order chi connectivity index (χ1) is 17.2. The summed E-state index contributed by atoms with van der Waals surface area (Å²) in [6, 6.07) is 2.17. The lowest BCUT2D eigenvalue weighted by molar-refractivity contribution is -0.137. The monoisotopic (exact) mass is 559 g/mol. The van der Waals surface area contributed by atoms with Gasteiger partial charge in [0.15, 0.2) is 23.5 Å². The second-order valence-corrected chi connectivity index (χ2v) is 10.4. The Balaban J connectivity index is 1.55. The summed E-state index contributed by atoms with van der Waals surface area (Å²) in [7, 11) is -9.78. The standard InChI is InChI=1S/C17H17N7O11S2/c18-17-21-13-9(14(27)22-17)19-5-24(13)16-11(26)10(25)12(35-16)15(28)23-20-4-6-1-2-7(36(29,30)31)3-8(6)37(32,33)34/h1-5,10-12,16,25-26H,(H,23,28)(H,29,30,31)(H,32,33,34)(H3,18,21,22,27)/b20-4-/t10-,11+,12-,16+/m0/s1. The van der Waals surface area contributed by atoms with E-state index in [9.17, 15) is 41.2 Å². The number of carbonyl (C=O) groups excluding carboxylic acids is 1. The van der Waals surface area contributed by atoms with Crippen molar-refractivity contribution in [3.8, 4) is 0 Å². The molecule has 4 atom stereocenters. The number of nitrogens with two attached hydrogens (primary N) is 1. The molecule has 20 heteroatoms. The number of aliphatic hydroxyl groups excluding tert-OH is 2. The lowest BCUT2D eigenvalue weighted by Gasteiger charge is -2.16. The first kappa shape index (κ1) is 26.3. The van der Waals surface area contributed by atoms with Crippen LogP contribution in [0.25, 0.3) is 11.2 Å². The molecule has 3 heterocycles. The molecule has 1 saturated heterocycles. The highest BCUT2D eigenvalue weighted by Crippen LogP contribution is 2.31. The van der Waals surface area contributed by atoms with E-state index in [2.05, 4.69) is 20.1 Å². The molecule has 0 spiro atoms. The lowest BCUT2D eigenvalue weighted by Crippen LogP contribution is -2.41. The maximum absolute atomic E-state index is 12.5. The van der Waals surface area contributed by atoms with Gasteiger partial charge < -0.3 is 20.7 Å². The Morgan fingerprint density at radius 1 is 1.19 bits per heavy atom. The fraction of sp³-hybridized carbons (Fsp3) is 0.235. The Bertz CT molecular complexity index is 1700. The number of amides is 1. The number of imidazole rings is 1. The van der Waals surface area contributed by atoms with Crippen molar-refractivity contribution >= 4 is 49.5 Å². The molecule has 3 aromatic rings. The number of rotatable bonds is 6. The van der Waals surface area contributed by atoms with Crippen LogP contribution in [0.4, 0.5) is 5.95 Å². The highest BCUT2D eigenvalue weighted by Gasteiger charge is 2.48. The predicted octanol–water partition coefficient (Wildman–Crippen LogP) is -3.04. The molecule has 1 fully saturated rings. The van der Waals surface area contributed by atoms with Gasteiger partial charge in [-0.25, -0.2) is 10.4 Å². The Morgan fingerprint density at radius 2 is 1.89 bits per heavy atom. The fourth-order valence-corrected chi connectivity index (χ4v) is 4.75. The number of aromatic amines is 1. The first-order valence-electron chi connectivity index (χ1n) is 9.84. The summed E-state index contributed by atoms with van der Waals surface area (Å²) in [5, 5.41) is 24.2. The molecule has 0 bridgehead atoms. The number of H-pyrrole nitrogens is 1. The number of carbonyl (C=O) groups is 1. The van der Waals surface area contributed by atoms with Crippen LogP contribution in [0.2, 0.25) is 0 Å². The van der Waals surface area contributed by atoms with Crippen LogP contribution in [0, 0.1) is 0 Å². The fourth-order valence-electron chi connectivity index (χ4n) is 3.47. The van der Waals surface area contributed by atoms with E-state index in [4.69, 9.17) is 15.0 Å². The molecular formula is C17H17N7O11S2. The van der Waals surface area contributed by atoms with E-state index in [1.165, 1.54) is 0 Å². The van der Waals surface area contributed by atoms with Crippen LogP contribution in [0.1, 0.15) is 11.8 Å². The number of hydrogen-bond acceptors (Lipinski definition) is 13. The Kier molecular flexibility index (Phi) is 6.58. The number of ether oxygens (including phenoxy) is 1. The van der Waals surface area contributed by atoms with Gasteiger partial charge in [-0.15, -0.1) is 0 Å². The number of nitrogens with zero attached hydrogens (tertiary/aromatic N) is 4. The number of nitrogens with one attached hydrogen (secondary N) is 2. The van der Waals surface area contributed by atoms with Crippen LogP contribution in [0.3, 0.4) is 0 Å². The van der Waals surface area contributed by atoms with Gasteiger partial charge in [0, 0.05) is 5.56 Å². The second kappa shape index (κ2) is 9.26. The highest BCUT2D eigenvalue weighted by molar-refractivity contribution is 7.86. The van der Waals surface area contributed by atoms with Crippen LogP contribution in [-0.4, -0.2) is 86.1 Å². The van der Waals surface area contributed by atoms with Crippen molar-refractivity contribution in [3.05, 3.63) is 40.4 Å². The molecule has 37 heavy (non-hydrogen) atoms. The van der Waals surface area contributed by atoms with Gasteiger partial charge >= 0.3 is 0 Å². The van der Waals surface area contributed by atoms with Gasteiger partial charge in [-0.2, -0.15) is 26.9 Å². The molecule has 1 aliphatic heterocycles. The molecule has 0 saturated carbocycles. The van der Waals surface area contributed by atoms with E-state index in [1.807, 2.05) is 5.43 Å². The van der Waals surface area contributed by atoms with E-state index in [0.717, 1.165) is 29.2 Å². The number of benzene rings is 1. The van der Waals surface area contributed by atoms with Crippen molar-refractivity contribution in [2.24, 2.45) is 5.10 Å². The van der Waals surface area contributed by atoms with Crippen molar-refractivity contribution in [2.75, 3.05) is 5.73 Å². The lowest BCUT2D eigenvalue weighted by atomic mass is 10.1. The second-order valence-electron chi connectivity index (χ2n) is 7.59. The summed E-state index contributed by atoms with van der Waals surface area (Å²) < 4.78 is 70.7. The number of nitrogen functional groups attached to an aromatic ring is 1. The van der Waals surface area contributed by atoms with Crippen LogP contribution >= 0.6 is 0 Å². The molecule has 2 aromatic heterocycles. The summed E-state index contributed by atoms with van der Waals surface area (Å²) in [6.45, 7) is 0. The SMILES string of the molecule is Nc1nc2c(ncn2[C@@H]2O[C@H](C(=O)N/N=C\c3ccc(S(=O)(=O)O)cc3S(=O)(=O)O)[C@@H](O)[C@H]2O)c(=O)[nH]1. The first-order valence-corrected chi connectivity index (χ1v) is 12.7. The van der Waals surface area contributed by atoms with Crippen LogP contribution in [-0.2, 0) is 29.8 Å². The maximum atomic E-state index is 12.5. The quantitative estimate of drug-likeness (QED) is 0.0898. The molecule has 1 aromatic carbocycles. The maximum Gasteiger partial charge on any atom is 0.295 e. The molecule has 0 unspecified atom stereocenters. The molecule has 0 aliphatic carbocycles. The Labute approximate surface area is 205 Å². The third-order valence-corrected chi connectivity index (χ3v) is 6.92. The number of hydrogen-bond donors (Lipinski definition) is 7. The number of fused-ring (bicyclic) bond motifs is 1. The van der Waals surface area contributed by atoms with Crippen molar-refractivity contribution in [2.45, 2.75) is 34.3 Å². The number of aliphatic hydroxyl groups is 2. The van der Waals surface area contributed by atoms with E-state index in [1.54, 1.807) is 0 Å². The van der Waals surface area contributed by atoms with Crippen molar-refractivity contribution in [1.82, 2.24) is 24.9 Å². The molecular weight excluding hydrogens is 542 g/mol. The summed E-state index contributed by atoms with van der Waals surface area (Å²) in [5.74, 6) is -1.35. The van der Waals surface area contributed by atoms with Gasteiger partial charge in [0.1, 0.15) is 17.1 Å². The van der Waals surface area contributed by atoms with E-state index in [0.29, 0.717) is 6.07 Å². The minimum Gasteiger partial charge on any atom is -0.387 e. The number of aromatic nitrogens is 4. The zero-order chi connectivity index (χ0) is 27.3. The summed E-state index contributed by atoms with van der Waals surface area (Å²) >= 11 is 0. The smallest absolute Gasteiger partial charge is 0.295 e. The van der Waals surface area contributed by atoms with E-state index >= 15 is 0 Å². The molecule has 1 amide bonds. The van der Waals surface area contributed by atoms with Crippen molar-refractivity contribution in [1.29, 1.82) is 0 Å². The Hall–Kier alpha value is -3.79. The third kappa shape index (κ3) is 5.06. The van der Waals surface area contributed by atoms with Crippen molar-refractivity contribution < 1.29 is 45.7 Å². The topological polar surface area (TPSA) is 289 Å². The average molecular weight is 559 g/mol. The Morgan fingerprint density at radius 3 is 2.54 bits per heavy atom. The minimum atomic E-state index is -4.98. The molecule has 18 nitrogen and oxygen atoms in total. The number of anilines is 1. The minimum absolute atomic E-state index is 0.0948. The van der Waals surface area contributed by atoms with Crippen molar-refractivity contribution in [3.63, 3.8) is 0 Å². The molecule has 8 N–H and O–H groups in total. The van der Waals surface area contributed by atoms with Gasteiger partial charge in [0.2, 0.25) is 5.95 Å². The summed E-state index contributed by atoms with van der Waals surface area (Å²) in [4.78, 5) is 32.7. The molecule has 0 radical (unpaired) electrons. The highest BCUT2D eigenvalue weighted by atomic mass is 32.2. The number of hydrazone groups is 1. The van der Waals surface area contributed by atoms with Gasteiger partial charge in [-0.1, -0.05) is 6.07 Å². The van der Waals surface area contributed by atoms with Gasteiger partial charge in [-0.05, 0) is 12.1 Å². The molecule has 198 valence electrons. The predicted molar refractivity (Wildman–Crippen MR) is 120 cm³/mol. The zero-order valence-corrected chi connectivity index (χ0v) is 19.7. The third-order valence-electron chi connectivity index (χ3n) is 5.16.